The van der Waals surface area contributed by atoms with Crippen LogP contribution in [0.15, 0.2) is 65.7 Å². The number of thiazole rings is 1. The van der Waals surface area contributed by atoms with Gasteiger partial charge in [0.25, 0.3) is 5.78 Å². The molecule has 7 heteroatoms. The Balaban J connectivity index is 1.90. The smallest absolute Gasteiger partial charge is 0.301 e. The van der Waals surface area contributed by atoms with E-state index < -0.39 is 17.7 Å². The van der Waals surface area contributed by atoms with Gasteiger partial charge in [-0.2, -0.15) is 0 Å². The summed E-state index contributed by atoms with van der Waals surface area (Å²) in [6.45, 7) is 4.30. The fourth-order valence-corrected chi connectivity index (χ4v) is 4.15. The Kier molecular flexibility index (Phi) is 5.37. The van der Waals surface area contributed by atoms with Crippen LogP contribution in [0.3, 0.4) is 0 Å². The second-order valence-corrected chi connectivity index (χ2v) is 7.73. The summed E-state index contributed by atoms with van der Waals surface area (Å²) in [5, 5.41) is 13.3. The number of amides is 1. The zero-order valence-corrected chi connectivity index (χ0v) is 17.3. The number of hydrogen-bond acceptors (Lipinski definition) is 6. The maximum Gasteiger partial charge on any atom is 0.301 e. The molecule has 3 aromatic rings. The van der Waals surface area contributed by atoms with Crippen molar-refractivity contribution in [3.63, 3.8) is 0 Å². The van der Waals surface area contributed by atoms with Gasteiger partial charge in [-0.15, -0.1) is 11.3 Å². The van der Waals surface area contributed by atoms with Crippen LogP contribution < -0.4 is 9.64 Å². The Morgan fingerprint density at radius 1 is 1.20 bits per heavy atom. The number of aliphatic hydroxyl groups is 1. The molecule has 1 atom stereocenters. The second-order valence-electron chi connectivity index (χ2n) is 6.86. The highest BCUT2D eigenvalue weighted by molar-refractivity contribution is 7.14. The molecule has 4 rings (SSSR count). The molecule has 2 aromatic carbocycles. The fraction of sp³-hybridized carbons (Fsp3) is 0.174. The first-order valence-corrected chi connectivity index (χ1v) is 10.4. The van der Waals surface area contributed by atoms with E-state index in [1.54, 1.807) is 35.8 Å². The lowest BCUT2D eigenvalue weighted by Crippen LogP contribution is -2.29. The van der Waals surface area contributed by atoms with E-state index in [2.05, 4.69) is 4.98 Å². The number of ketones is 1. The summed E-state index contributed by atoms with van der Waals surface area (Å²) in [7, 11) is 0. The molecule has 30 heavy (non-hydrogen) atoms. The molecule has 1 fully saturated rings. The monoisotopic (exact) mass is 420 g/mol. The minimum absolute atomic E-state index is 0.0349. The second kappa shape index (κ2) is 8.12. The fourth-order valence-electron chi connectivity index (χ4n) is 3.48. The van der Waals surface area contributed by atoms with E-state index in [-0.39, 0.29) is 11.3 Å². The Labute approximate surface area is 178 Å². The number of anilines is 1. The van der Waals surface area contributed by atoms with Crippen molar-refractivity contribution in [3.8, 4) is 5.75 Å². The van der Waals surface area contributed by atoms with Gasteiger partial charge in [0, 0.05) is 17.1 Å². The van der Waals surface area contributed by atoms with Gasteiger partial charge in [-0.3, -0.25) is 14.5 Å². The molecule has 1 unspecified atom stereocenters. The molecule has 1 aliphatic heterocycles. The molecular formula is C23H20N2O4S. The molecule has 0 radical (unpaired) electrons. The van der Waals surface area contributed by atoms with Crippen molar-refractivity contribution in [2.75, 3.05) is 11.5 Å². The van der Waals surface area contributed by atoms with Crippen LogP contribution in [0.5, 0.6) is 5.75 Å². The number of hydrogen-bond donors (Lipinski definition) is 1. The van der Waals surface area contributed by atoms with Crippen LogP contribution in [0.25, 0.3) is 5.76 Å². The van der Waals surface area contributed by atoms with Crippen molar-refractivity contribution in [1.29, 1.82) is 0 Å². The van der Waals surface area contributed by atoms with Gasteiger partial charge in [0.1, 0.15) is 11.5 Å². The third-order valence-corrected chi connectivity index (χ3v) is 5.65. The van der Waals surface area contributed by atoms with E-state index in [0.717, 1.165) is 11.1 Å². The summed E-state index contributed by atoms with van der Waals surface area (Å²) in [5.41, 5.74) is 2.22. The number of benzene rings is 2. The van der Waals surface area contributed by atoms with Gasteiger partial charge in [0.15, 0.2) is 5.13 Å². The summed E-state index contributed by atoms with van der Waals surface area (Å²) < 4.78 is 5.51. The van der Waals surface area contributed by atoms with Crippen molar-refractivity contribution in [2.24, 2.45) is 0 Å². The lowest BCUT2D eigenvalue weighted by Gasteiger charge is -2.23. The van der Waals surface area contributed by atoms with Gasteiger partial charge >= 0.3 is 5.91 Å². The molecule has 0 aliphatic carbocycles. The highest BCUT2D eigenvalue weighted by Crippen LogP contribution is 2.42. The predicted molar refractivity (Wildman–Crippen MR) is 116 cm³/mol. The first kappa shape index (κ1) is 19.8. The van der Waals surface area contributed by atoms with Gasteiger partial charge in [-0.05, 0) is 31.5 Å². The molecule has 1 amide bonds. The third-order valence-electron chi connectivity index (χ3n) is 4.88. The van der Waals surface area contributed by atoms with Crippen LogP contribution in [0.4, 0.5) is 5.13 Å². The highest BCUT2D eigenvalue weighted by atomic mass is 32.1. The summed E-state index contributed by atoms with van der Waals surface area (Å²) in [5.74, 6) is -1.12. The largest absolute Gasteiger partial charge is 0.507 e. The van der Waals surface area contributed by atoms with Gasteiger partial charge in [0.2, 0.25) is 0 Å². The van der Waals surface area contributed by atoms with Crippen molar-refractivity contribution in [3.05, 3.63) is 82.4 Å². The first-order valence-electron chi connectivity index (χ1n) is 9.51. The maximum atomic E-state index is 13.0. The number of rotatable bonds is 5. The van der Waals surface area contributed by atoms with Gasteiger partial charge in [-0.1, -0.05) is 42.0 Å². The zero-order valence-electron chi connectivity index (χ0n) is 16.5. The first-order chi connectivity index (χ1) is 14.5. The maximum absolute atomic E-state index is 13.0. The van der Waals surface area contributed by atoms with E-state index in [4.69, 9.17) is 4.74 Å². The molecule has 0 saturated carbocycles. The number of carbonyl (C=O) groups is 2. The van der Waals surface area contributed by atoms with Crippen LogP contribution >= 0.6 is 11.3 Å². The number of aromatic nitrogens is 1. The van der Waals surface area contributed by atoms with E-state index in [1.807, 2.05) is 38.1 Å². The van der Waals surface area contributed by atoms with E-state index >= 15 is 0 Å². The van der Waals surface area contributed by atoms with Crippen molar-refractivity contribution < 1.29 is 19.4 Å². The van der Waals surface area contributed by atoms with E-state index in [0.29, 0.717) is 23.1 Å². The molecule has 1 N–H and O–H groups in total. The molecule has 0 spiro atoms. The van der Waals surface area contributed by atoms with Gasteiger partial charge in [-0.25, -0.2) is 4.98 Å². The Morgan fingerprint density at radius 2 is 1.97 bits per heavy atom. The Hall–Kier alpha value is -3.45. The highest BCUT2D eigenvalue weighted by Gasteiger charge is 2.47. The number of carbonyl (C=O) groups excluding carboxylic acids is 2. The Bertz CT molecular complexity index is 1120. The minimum Gasteiger partial charge on any atom is -0.507 e. The number of aliphatic hydroxyl groups excluding tert-OH is 1. The van der Waals surface area contributed by atoms with E-state index in [9.17, 15) is 14.7 Å². The molecule has 0 bridgehead atoms. The van der Waals surface area contributed by atoms with Crippen LogP contribution in [-0.2, 0) is 9.59 Å². The molecule has 1 aromatic heterocycles. The zero-order chi connectivity index (χ0) is 21.3. The third kappa shape index (κ3) is 3.48. The molecule has 2 heterocycles. The summed E-state index contributed by atoms with van der Waals surface area (Å²) >= 11 is 1.26. The van der Waals surface area contributed by atoms with Crippen LogP contribution in [0.2, 0.25) is 0 Å². The lowest BCUT2D eigenvalue weighted by molar-refractivity contribution is -0.132. The summed E-state index contributed by atoms with van der Waals surface area (Å²) in [4.78, 5) is 31.6. The predicted octanol–water partition coefficient (Wildman–Crippen LogP) is 4.48. The molecule has 1 saturated heterocycles. The number of nitrogens with zero attached hydrogens (tertiary/aromatic N) is 2. The molecule has 152 valence electrons. The number of aryl methyl sites for hydroxylation is 1. The molecular weight excluding hydrogens is 400 g/mol. The van der Waals surface area contributed by atoms with E-state index in [1.165, 1.54) is 16.2 Å². The summed E-state index contributed by atoms with van der Waals surface area (Å²) in [6, 6.07) is 13.6. The number of ether oxygens (including phenoxy) is 1. The summed E-state index contributed by atoms with van der Waals surface area (Å²) in [6.07, 6.45) is 1.58. The molecule has 1 aliphatic rings. The van der Waals surface area contributed by atoms with Crippen LogP contribution in [-0.4, -0.2) is 28.4 Å². The van der Waals surface area contributed by atoms with Crippen LogP contribution in [0, 0.1) is 6.92 Å². The van der Waals surface area contributed by atoms with Crippen molar-refractivity contribution in [1.82, 2.24) is 4.98 Å². The van der Waals surface area contributed by atoms with Crippen molar-refractivity contribution >= 4 is 33.9 Å². The SMILES string of the molecule is CCOc1cccc(C(O)=C2C(=O)C(=O)N(c3nccs3)C2c2ccc(C)cc2)c1. The quantitative estimate of drug-likeness (QED) is 0.374. The average molecular weight is 420 g/mol. The standard InChI is InChI=1S/C23H20N2O4S/c1-3-29-17-6-4-5-16(13-17)20(26)18-19(15-9-7-14(2)8-10-15)25(22(28)21(18)27)23-24-11-12-30-23/h4-13,19,26H,3H2,1-2H3. The minimum atomic E-state index is -0.771. The number of Topliss-reactive ketones (excluding diaryl/α,β-unsaturated/α-hetero) is 1. The van der Waals surface area contributed by atoms with Gasteiger partial charge in [0.05, 0.1) is 18.2 Å². The van der Waals surface area contributed by atoms with Crippen molar-refractivity contribution in [2.45, 2.75) is 19.9 Å². The average Bonchev–Trinajstić information content (AvgIpc) is 3.36. The molecule has 6 nitrogen and oxygen atoms in total. The Morgan fingerprint density at radius 3 is 2.63 bits per heavy atom. The normalized spacial score (nSPS) is 18.1. The topological polar surface area (TPSA) is 79.7 Å². The lowest BCUT2D eigenvalue weighted by atomic mass is 9.95. The van der Waals surface area contributed by atoms with Gasteiger partial charge < -0.3 is 9.84 Å². The van der Waals surface area contributed by atoms with Crippen LogP contribution in [0.1, 0.15) is 29.7 Å².